The molecule has 0 aliphatic carbocycles. The van der Waals surface area contributed by atoms with E-state index in [1.807, 2.05) is 6.07 Å². The van der Waals surface area contributed by atoms with Gasteiger partial charge in [-0.1, -0.05) is 36.4 Å². The van der Waals surface area contributed by atoms with E-state index in [0.29, 0.717) is 16.8 Å². The fraction of sp³-hybridized carbons (Fsp3) is 0.263. The number of hydrogen-bond donors (Lipinski definition) is 3. The molecular formula is C19H24N4O4S. The molecule has 2 aromatic rings. The highest BCUT2D eigenvalue weighted by molar-refractivity contribution is 7.89. The van der Waals surface area contributed by atoms with E-state index in [0.717, 1.165) is 4.31 Å². The second kappa shape index (κ2) is 8.85. The molecule has 0 heterocycles. The van der Waals surface area contributed by atoms with Crippen LogP contribution in [0.2, 0.25) is 0 Å². The number of aryl methyl sites for hydroxylation is 1. The Kier molecular flexibility index (Phi) is 6.76. The zero-order chi connectivity index (χ0) is 20.9. The van der Waals surface area contributed by atoms with Crippen molar-refractivity contribution in [2.24, 2.45) is 0 Å². The third-order valence-corrected chi connectivity index (χ3v) is 6.07. The number of urea groups is 1. The summed E-state index contributed by atoms with van der Waals surface area (Å²) in [6, 6.07) is 12.1. The van der Waals surface area contributed by atoms with Crippen molar-refractivity contribution in [2.45, 2.75) is 17.9 Å². The molecule has 0 unspecified atom stereocenters. The number of carbonyl (C=O) groups is 2. The van der Waals surface area contributed by atoms with E-state index < -0.39 is 28.0 Å². The lowest BCUT2D eigenvalue weighted by atomic mass is 10.1. The highest BCUT2D eigenvalue weighted by Crippen LogP contribution is 2.26. The van der Waals surface area contributed by atoms with Crippen molar-refractivity contribution in [2.75, 3.05) is 26.5 Å². The minimum Gasteiger partial charge on any atom is -0.370 e. The van der Waals surface area contributed by atoms with Crippen molar-refractivity contribution >= 4 is 27.6 Å². The summed E-state index contributed by atoms with van der Waals surface area (Å²) < 4.78 is 26.2. The lowest BCUT2D eigenvalue weighted by Crippen LogP contribution is -2.42. The molecule has 2 rings (SSSR count). The fourth-order valence-electron chi connectivity index (χ4n) is 2.52. The molecule has 0 saturated carbocycles. The number of amides is 3. The number of hydrogen-bond acceptors (Lipinski definition) is 5. The smallest absolute Gasteiger partial charge is 0.321 e. The maximum atomic E-state index is 12.6. The van der Waals surface area contributed by atoms with Crippen LogP contribution in [0.15, 0.2) is 53.4 Å². The zero-order valence-electron chi connectivity index (χ0n) is 16.2. The average molecular weight is 404 g/mol. The molecule has 2 aromatic carbocycles. The van der Waals surface area contributed by atoms with Crippen molar-refractivity contribution < 1.29 is 18.0 Å². The van der Waals surface area contributed by atoms with Gasteiger partial charge in [0.05, 0.1) is 4.90 Å². The second-order valence-corrected chi connectivity index (χ2v) is 8.44. The number of carbonyl (C=O) groups excluding carboxylic acids is 2. The van der Waals surface area contributed by atoms with Crippen molar-refractivity contribution in [3.8, 4) is 0 Å². The number of rotatable bonds is 6. The molecule has 0 radical (unpaired) electrons. The topological polar surface area (TPSA) is 108 Å². The van der Waals surface area contributed by atoms with Crippen molar-refractivity contribution in [1.82, 2.24) is 14.9 Å². The van der Waals surface area contributed by atoms with Gasteiger partial charge in [-0.25, -0.2) is 17.5 Å². The van der Waals surface area contributed by atoms with Crippen LogP contribution in [0.25, 0.3) is 0 Å². The molecule has 1 atom stereocenters. The van der Waals surface area contributed by atoms with Gasteiger partial charge in [0.15, 0.2) is 0 Å². The number of anilines is 1. The van der Waals surface area contributed by atoms with Gasteiger partial charge in [0, 0.05) is 26.8 Å². The summed E-state index contributed by atoms with van der Waals surface area (Å²) in [5, 5.41) is 7.60. The maximum Gasteiger partial charge on any atom is 0.321 e. The molecule has 0 spiro atoms. The summed E-state index contributed by atoms with van der Waals surface area (Å²) >= 11 is 0. The number of nitrogens with one attached hydrogen (secondary N) is 3. The van der Waals surface area contributed by atoms with Gasteiger partial charge in [-0.3, -0.25) is 10.1 Å². The van der Waals surface area contributed by atoms with E-state index in [1.54, 1.807) is 43.3 Å². The first kappa shape index (κ1) is 21.4. The third-order valence-electron chi connectivity index (χ3n) is 4.12. The summed E-state index contributed by atoms with van der Waals surface area (Å²) in [4.78, 5) is 24.3. The van der Waals surface area contributed by atoms with Crippen LogP contribution in [0, 0.1) is 6.92 Å². The molecule has 0 aliphatic rings. The van der Waals surface area contributed by atoms with Gasteiger partial charge in [-0.2, -0.15) is 0 Å². The first-order valence-corrected chi connectivity index (χ1v) is 9.98. The van der Waals surface area contributed by atoms with Crippen LogP contribution < -0.4 is 16.0 Å². The van der Waals surface area contributed by atoms with Crippen LogP contribution in [0.3, 0.4) is 0 Å². The molecule has 8 nitrogen and oxygen atoms in total. The van der Waals surface area contributed by atoms with Gasteiger partial charge in [0.2, 0.25) is 10.0 Å². The highest BCUT2D eigenvalue weighted by Gasteiger charge is 2.24. The number of imide groups is 1. The largest absolute Gasteiger partial charge is 0.370 e. The minimum atomic E-state index is -3.65. The Morgan fingerprint density at radius 3 is 2.25 bits per heavy atom. The van der Waals surface area contributed by atoms with Crippen LogP contribution in [-0.2, 0) is 14.8 Å². The van der Waals surface area contributed by atoms with Gasteiger partial charge >= 0.3 is 6.03 Å². The number of sulfonamides is 1. The summed E-state index contributed by atoms with van der Waals surface area (Å²) in [5.41, 5.74) is 1.65. The molecule has 3 N–H and O–H groups in total. The molecule has 28 heavy (non-hydrogen) atoms. The van der Waals surface area contributed by atoms with E-state index in [-0.39, 0.29) is 4.90 Å². The second-order valence-electron chi connectivity index (χ2n) is 6.32. The lowest BCUT2D eigenvalue weighted by Gasteiger charge is -2.21. The van der Waals surface area contributed by atoms with Gasteiger partial charge < -0.3 is 10.6 Å². The lowest BCUT2D eigenvalue weighted by molar-refractivity contribution is -0.120. The molecule has 3 amide bonds. The quantitative estimate of drug-likeness (QED) is 0.681. The molecule has 0 aromatic heterocycles. The van der Waals surface area contributed by atoms with Gasteiger partial charge in [-0.05, 0) is 30.2 Å². The normalized spacial score (nSPS) is 12.3. The molecule has 150 valence electrons. The van der Waals surface area contributed by atoms with Crippen LogP contribution in [0.5, 0.6) is 0 Å². The van der Waals surface area contributed by atoms with Crippen LogP contribution in [-0.4, -0.2) is 45.8 Å². The zero-order valence-corrected chi connectivity index (χ0v) is 17.0. The van der Waals surface area contributed by atoms with E-state index in [4.69, 9.17) is 0 Å². The van der Waals surface area contributed by atoms with Crippen molar-refractivity contribution in [1.29, 1.82) is 0 Å². The number of benzene rings is 2. The van der Waals surface area contributed by atoms with Crippen molar-refractivity contribution in [3.05, 3.63) is 59.7 Å². The standard InChI is InChI=1S/C19H24N4O4S/c1-13-10-11-15(12-16(13)28(26,27)23(3)4)21-17(14-8-6-5-7-9-14)18(24)22-19(25)20-2/h5-12,17,21H,1-4H3,(H2,20,22,24,25)/t17-/m0/s1. The van der Waals surface area contributed by atoms with Crippen LogP contribution in [0.1, 0.15) is 17.2 Å². The highest BCUT2D eigenvalue weighted by atomic mass is 32.2. The Bertz CT molecular complexity index is 959. The molecule has 0 saturated heterocycles. The van der Waals surface area contributed by atoms with Crippen LogP contribution in [0.4, 0.5) is 10.5 Å². The van der Waals surface area contributed by atoms with Crippen molar-refractivity contribution in [3.63, 3.8) is 0 Å². The van der Waals surface area contributed by atoms with Gasteiger partial charge in [0.25, 0.3) is 5.91 Å². The predicted octanol–water partition coefficient (Wildman–Crippen LogP) is 1.85. The predicted molar refractivity (Wildman–Crippen MR) is 107 cm³/mol. The summed E-state index contributed by atoms with van der Waals surface area (Å²) in [6.07, 6.45) is 0. The van der Waals surface area contributed by atoms with Gasteiger partial charge in [0.1, 0.15) is 6.04 Å². The molecule has 9 heteroatoms. The first-order valence-electron chi connectivity index (χ1n) is 8.54. The summed E-state index contributed by atoms with van der Waals surface area (Å²) in [6.45, 7) is 1.70. The molecule has 0 fully saturated rings. The first-order chi connectivity index (χ1) is 13.2. The Morgan fingerprint density at radius 1 is 1.04 bits per heavy atom. The van der Waals surface area contributed by atoms with E-state index in [1.165, 1.54) is 27.2 Å². The summed E-state index contributed by atoms with van der Waals surface area (Å²) in [5.74, 6) is -0.567. The van der Waals surface area contributed by atoms with Gasteiger partial charge in [-0.15, -0.1) is 0 Å². The summed E-state index contributed by atoms with van der Waals surface area (Å²) in [7, 11) is 0.677. The number of nitrogens with zero attached hydrogens (tertiary/aromatic N) is 1. The van der Waals surface area contributed by atoms with Crippen LogP contribution >= 0.6 is 0 Å². The molecule has 0 aliphatic heterocycles. The maximum absolute atomic E-state index is 12.6. The van der Waals surface area contributed by atoms with E-state index in [2.05, 4.69) is 16.0 Å². The van der Waals surface area contributed by atoms with E-state index >= 15 is 0 Å². The molecule has 0 bridgehead atoms. The SMILES string of the molecule is CNC(=O)NC(=O)[C@@H](Nc1ccc(C)c(S(=O)(=O)N(C)C)c1)c1ccccc1. The molecular weight excluding hydrogens is 380 g/mol. The Morgan fingerprint density at radius 2 is 1.68 bits per heavy atom. The Labute approximate surface area is 165 Å². The average Bonchev–Trinajstić information content (AvgIpc) is 2.67. The third kappa shape index (κ3) is 4.87. The Hall–Kier alpha value is -2.91. The van der Waals surface area contributed by atoms with E-state index in [9.17, 15) is 18.0 Å². The monoisotopic (exact) mass is 404 g/mol. The fourth-order valence-corrected chi connectivity index (χ4v) is 3.67. The minimum absolute atomic E-state index is 0.140. The Balaban J connectivity index is 2.42.